The molecule has 1 aromatic carbocycles. The number of carbonyl (C=O) groups is 1. The average molecular weight is 317 g/mol. The molecule has 1 amide bonds. The van der Waals surface area contributed by atoms with Crippen LogP contribution in [0.2, 0.25) is 0 Å². The van der Waals surface area contributed by atoms with Gasteiger partial charge in [-0.2, -0.15) is 0 Å². The molecule has 4 nitrogen and oxygen atoms in total. The average Bonchev–Trinajstić information content (AvgIpc) is 2.93. The van der Waals surface area contributed by atoms with Crippen molar-refractivity contribution in [2.75, 3.05) is 0 Å². The molecule has 1 aromatic heterocycles. The molecule has 0 saturated carbocycles. The fourth-order valence-electron chi connectivity index (χ4n) is 2.24. The number of amides is 1. The second-order valence-corrected chi connectivity index (χ2v) is 6.99. The summed E-state index contributed by atoms with van der Waals surface area (Å²) in [6, 6.07) is 9.38. The molecule has 0 aliphatic carbocycles. The maximum Gasteiger partial charge on any atom is 0.225 e. The molecular weight excluding hydrogens is 294 g/mol. The number of thiazole rings is 1. The lowest BCUT2D eigenvalue weighted by molar-refractivity contribution is -0.126. The molecule has 2 rings (SSSR count). The van der Waals surface area contributed by atoms with Crippen molar-refractivity contribution in [2.24, 2.45) is 11.7 Å². The Morgan fingerprint density at radius 1 is 1.32 bits per heavy atom. The Balaban J connectivity index is 2.08. The molecule has 0 spiro atoms. The third kappa shape index (κ3) is 3.72. The van der Waals surface area contributed by atoms with Gasteiger partial charge in [0.25, 0.3) is 0 Å². The van der Waals surface area contributed by atoms with Crippen molar-refractivity contribution < 1.29 is 4.79 Å². The van der Waals surface area contributed by atoms with E-state index >= 15 is 0 Å². The fraction of sp³-hybridized carbons (Fsp3) is 0.412. The van der Waals surface area contributed by atoms with Crippen molar-refractivity contribution in [2.45, 2.75) is 39.3 Å². The molecule has 2 atom stereocenters. The van der Waals surface area contributed by atoms with Crippen LogP contribution >= 0.6 is 11.3 Å². The van der Waals surface area contributed by atoms with Gasteiger partial charge < -0.3 is 11.1 Å². The highest BCUT2D eigenvalue weighted by Crippen LogP contribution is 2.26. The van der Waals surface area contributed by atoms with Gasteiger partial charge >= 0.3 is 0 Å². The Bertz CT molecular complexity index is 636. The number of hydrogen-bond donors (Lipinski definition) is 2. The molecule has 0 radical (unpaired) electrons. The Morgan fingerprint density at radius 2 is 1.95 bits per heavy atom. The topological polar surface area (TPSA) is 68.0 Å². The van der Waals surface area contributed by atoms with Crippen LogP contribution < -0.4 is 11.1 Å². The number of rotatable bonds is 5. The first-order valence-electron chi connectivity index (χ1n) is 7.36. The van der Waals surface area contributed by atoms with Crippen LogP contribution in [0.25, 0.3) is 0 Å². The number of hydrogen-bond acceptors (Lipinski definition) is 4. The lowest BCUT2D eigenvalue weighted by Crippen LogP contribution is -2.45. The lowest BCUT2D eigenvalue weighted by Gasteiger charge is -2.28. The van der Waals surface area contributed by atoms with Crippen LogP contribution in [0, 0.1) is 12.8 Å². The monoisotopic (exact) mass is 317 g/mol. The zero-order chi connectivity index (χ0) is 16.3. The predicted octanol–water partition coefficient (Wildman–Crippen LogP) is 3.14. The highest BCUT2D eigenvalue weighted by molar-refractivity contribution is 7.09. The number of benzene rings is 1. The van der Waals surface area contributed by atoms with E-state index in [9.17, 15) is 4.79 Å². The van der Waals surface area contributed by atoms with Gasteiger partial charge in [-0.25, -0.2) is 4.98 Å². The SMILES string of the molecule is Cc1csc(C(C)(C)NC(=O)C(C)C(N)c2ccccc2)n1. The van der Waals surface area contributed by atoms with Gasteiger partial charge in [-0.1, -0.05) is 37.3 Å². The van der Waals surface area contributed by atoms with Gasteiger partial charge in [0.1, 0.15) is 5.01 Å². The molecule has 118 valence electrons. The molecule has 0 aliphatic rings. The van der Waals surface area contributed by atoms with Crippen LogP contribution in [0.5, 0.6) is 0 Å². The number of aryl methyl sites for hydroxylation is 1. The molecule has 3 N–H and O–H groups in total. The van der Waals surface area contributed by atoms with Crippen LogP contribution in [0.4, 0.5) is 0 Å². The molecule has 0 fully saturated rings. The highest BCUT2D eigenvalue weighted by atomic mass is 32.1. The maximum absolute atomic E-state index is 12.5. The van der Waals surface area contributed by atoms with E-state index in [1.165, 1.54) is 0 Å². The van der Waals surface area contributed by atoms with E-state index in [0.29, 0.717) is 0 Å². The third-order valence-corrected chi connectivity index (χ3v) is 5.01. The van der Waals surface area contributed by atoms with Crippen molar-refractivity contribution in [3.63, 3.8) is 0 Å². The summed E-state index contributed by atoms with van der Waals surface area (Å²) in [7, 11) is 0. The molecule has 22 heavy (non-hydrogen) atoms. The van der Waals surface area contributed by atoms with Crippen LogP contribution in [0.1, 0.15) is 43.1 Å². The van der Waals surface area contributed by atoms with Gasteiger partial charge in [0, 0.05) is 17.1 Å². The van der Waals surface area contributed by atoms with Crippen molar-refractivity contribution in [3.8, 4) is 0 Å². The summed E-state index contributed by atoms with van der Waals surface area (Å²) in [5.74, 6) is -0.378. The standard InChI is InChI=1S/C17H23N3OS/c1-11-10-22-16(19-11)17(3,4)20-15(21)12(2)14(18)13-8-6-5-7-9-13/h5-10,12,14H,18H2,1-4H3,(H,20,21). The van der Waals surface area contributed by atoms with E-state index in [-0.39, 0.29) is 17.9 Å². The first-order valence-corrected chi connectivity index (χ1v) is 8.24. The summed E-state index contributed by atoms with van der Waals surface area (Å²) in [4.78, 5) is 17.0. The van der Waals surface area contributed by atoms with Crippen molar-refractivity contribution in [1.82, 2.24) is 10.3 Å². The van der Waals surface area contributed by atoms with Gasteiger partial charge in [-0.15, -0.1) is 11.3 Å². The van der Waals surface area contributed by atoms with Gasteiger partial charge in [0.2, 0.25) is 5.91 Å². The number of carbonyl (C=O) groups excluding carboxylic acids is 1. The Labute approximate surface area is 135 Å². The first-order chi connectivity index (χ1) is 10.3. The predicted molar refractivity (Wildman–Crippen MR) is 90.6 cm³/mol. The maximum atomic E-state index is 12.5. The smallest absolute Gasteiger partial charge is 0.225 e. The normalized spacial score (nSPS) is 14.4. The summed E-state index contributed by atoms with van der Waals surface area (Å²) < 4.78 is 0. The number of nitrogens with zero attached hydrogens (tertiary/aromatic N) is 1. The molecule has 0 saturated heterocycles. The number of aromatic nitrogens is 1. The minimum absolute atomic E-state index is 0.0609. The van der Waals surface area contributed by atoms with Gasteiger partial charge in [-0.05, 0) is 26.3 Å². The summed E-state index contributed by atoms with van der Waals surface area (Å²) in [6.45, 7) is 7.73. The van der Waals surface area contributed by atoms with E-state index in [1.807, 2.05) is 63.4 Å². The zero-order valence-electron chi connectivity index (χ0n) is 13.5. The quantitative estimate of drug-likeness (QED) is 0.890. The second-order valence-electron chi connectivity index (χ2n) is 6.13. The Hall–Kier alpha value is -1.72. The molecule has 2 aromatic rings. The molecule has 1 heterocycles. The van der Waals surface area contributed by atoms with Crippen molar-refractivity contribution in [1.29, 1.82) is 0 Å². The molecule has 0 aliphatic heterocycles. The van der Waals surface area contributed by atoms with E-state index in [2.05, 4.69) is 10.3 Å². The van der Waals surface area contributed by atoms with Crippen LogP contribution in [-0.2, 0) is 10.3 Å². The van der Waals surface area contributed by atoms with Gasteiger partial charge in [0.05, 0.1) is 11.5 Å². The summed E-state index contributed by atoms with van der Waals surface area (Å²) in [5, 5.41) is 5.96. The Morgan fingerprint density at radius 3 is 2.50 bits per heavy atom. The van der Waals surface area contributed by atoms with Gasteiger partial charge in [-0.3, -0.25) is 4.79 Å². The van der Waals surface area contributed by atoms with Crippen LogP contribution in [0.15, 0.2) is 35.7 Å². The first kappa shape index (κ1) is 16.6. The summed E-state index contributed by atoms with van der Waals surface area (Å²) in [6.07, 6.45) is 0. The molecular formula is C17H23N3OS. The third-order valence-electron chi connectivity index (χ3n) is 3.73. The van der Waals surface area contributed by atoms with E-state index in [1.54, 1.807) is 11.3 Å². The second kappa shape index (κ2) is 6.58. The lowest BCUT2D eigenvalue weighted by atomic mass is 9.93. The molecule has 5 heteroatoms. The van der Waals surface area contributed by atoms with Crippen LogP contribution in [-0.4, -0.2) is 10.9 Å². The molecule has 0 bridgehead atoms. The van der Waals surface area contributed by atoms with Crippen molar-refractivity contribution >= 4 is 17.2 Å². The number of nitrogens with two attached hydrogens (primary N) is 1. The Kier molecular flexibility index (Phi) is 4.98. The van der Waals surface area contributed by atoms with E-state index < -0.39 is 5.54 Å². The van der Waals surface area contributed by atoms with Gasteiger partial charge in [0.15, 0.2) is 0 Å². The minimum Gasteiger partial charge on any atom is -0.344 e. The van der Waals surface area contributed by atoms with E-state index in [0.717, 1.165) is 16.3 Å². The number of nitrogens with one attached hydrogen (secondary N) is 1. The summed E-state index contributed by atoms with van der Waals surface area (Å²) >= 11 is 1.56. The minimum atomic E-state index is -0.499. The largest absolute Gasteiger partial charge is 0.344 e. The zero-order valence-corrected chi connectivity index (χ0v) is 14.3. The highest BCUT2D eigenvalue weighted by Gasteiger charge is 2.30. The van der Waals surface area contributed by atoms with Crippen molar-refractivity contribution in [3.05, 3.63) is 52.0 Å². The molecule has 2 unspecified atom stereocenters. The summed E-state index contributed by atoms with van der Waals surface area (Å²) in [5.41, 5.74) is 7.66. The van der Waals surface area contributed by atoms with E-state index in [4.69, 9.17) is 5.73 Å². The van der Waals surface area contributed by atoms with Crippen LogP contribution in [0.3, 0.4) is 0 Å². The fourth-order valence-corrected chi connectivity index (χ4v) is 3.12.